The number of nitrogens with zero attached hydrogens (tertiary/aromatic N) is 1. The number of benzene rings is 1. The van der Waals surface area contributed by atoms with E-state index in [0.29, 0.717) is 13.1 Å². The van der Waals surface area contributed by atoms with Gasteiger partial charge < -0.3 is 10.6 Å². The van der Waals surface area contributed by atoms with Crippen molar-refractivity contribution in [3.63, 3.8) is 0 Å². The summed E-state index contributed by atoms with van der Waals surface area (Å²) in [5.41, 5.74) is 1.16. The van der Waals surface area contributed by atoms with Gasteiger partial charge in [0.2, 0.25) is 5.91 Å². The molecule has 1 aromatic rings. The highest BCUT2D eigenvalue weighted by atomic mass is 19.1. The van der Waals surface area contributed by atoms with Gasteiger partial charge in [-0.3, -0.25) is 9.69 Å². The van der Waals surface area contributed by atoms with Crippen molar-refractivity contribution in [1.29, 1.82) is 0 Å². The van der Waals surface area contributed by atoms with E-state index in [1.54, 1.807) is 12.1 Å². The molecule has 1 fully saturated rings. The van der Waals surface area contributed by atoms with Gasteiger partial charge in [-0.15, -0.1) is 0 Å². The van der Waals surface area contributed by atoms with Gasteiger partial charge in [0.25, 0.3) is 0 Å². The molecule has 5 heteroatoms. The molecule has 22 heavy (non-hydrogen) atoms. The minimum Gasteiger partial charge on any atom is -0.351 e. The van der Waals surface area contributed by atoms with Crippen molar-refractivity contribution >= 4 is 5.91 Å². The Kier molecular flexibility index (Phi) is 5.91. The molecule has 2 N–H and O–H groups in total. The van der Waals surface area contributed by atoms with Crippen molar-refractivity contribution in [2.24, 2.45) is 5.41 Å². The second-order valence-electron chi connectivity index (χ2n) is 6.44. The highest BCUT2D eigenvalue weighted by molar-refractivity contribution is 5.78. The average molecular weight is 307 g/mol. The van der Waals surface area contributed by atoms with E-state index in [0.717, 1.165) is 38.2 Å². The first kappa shape index (κ1) is 16.9. The molecule has 2 rings (SSSR count). The fraction of sp³-hybridized carbons (Fsp3) is 0.588. The lowest BCUT2D eigenvalue weighted by atomic mass is 9.89. The summed E-state index contributed by atoms with van der Waals surface area (Å²) in [6, 6.07) is 6.21. The van der Waals surface area contributed by atoms with Gasteiger partial charge in [-0.1, -0.05) is 26.0 Å². The Morgan fingerprint density at radius 1 is 1.41 bits per heavy atom. The minimum absolute atomic E-state index is 0.0146. The molecule has 122 valence electrons. The second kappa shape index (κ2) is 7.70. The van der Waals surface area contributed by atoms with Crippen LogP contribution in [0.15, 0.2) is 24.3 Å². The highest BCUT2D eigenvalue weighted by Crippen LogP contribution is 2.25. The summed E-state index contributed by atoms with van der Waals surface area (Å²) in [7, 11) is 0. The fourth-order valence-corrected chi connectivity index (χ4v) is 2.88. The van der Waals surface area contributed by atoms with Gasteiger partial charge in [-0.25, -0.2) is 4.39 Å². The molecule has 4 nitrogen and oxygen atoms in total. The summed E-state index contributed by atoms with van der Waals surface area (Å²) >= 11 is 0. The van der Waals surface area contributed by atoms with E-state index in [4.69, 9.17) is 0 Å². The molecular weight excluding hydrogens is 281 g/mol. The SMILES string of the molecule is CCN(CC(=O)NCc1ccc(F)cc1)CC1(C)CCNC1. The first-order valence-electron chi connectivity index (χ1n) is 7.95. The number of amides is 1. The smallest absolute Gasteiger partial charge is 0.234 e. The summed E-state index contributed by atoms with van der Waals surface area (Å²) in [6.07, 6.45) is 1.15. The predicted molar refractivity (Wildman–Crippen MR) is 86.0 cm³/mol. The van der Waals surface area contributed by atoms with Gasteiger partial charge in [0, 0.05) is 19.6 Å². The first-order chi connectivity index (χ1) is 10.5. The zero-order valence-corrected chi connectivity index (χ0v) is 13.5. The van der Waals surface area contributed by atoms with Crippen LogP contribution < -0.4 is 10.6 Å². The van der Waals surface area contributed by atoms with Crippen LogP contribution in [0.1, 0.15) is 25.8 Å². The van der Waals surface area contributed by atoms with Crippen LogP contribution in [0.25, 0.3) is 0 Å². The second-order valence-corrected chi connectivity index (χ2v) is 6.44. The molecule has 1 amide bonds. The lowest BCUT2D eigenvalue weighted by Crippen LogP contribution is -2.43. The van der Waals surface area contributed by atoms with E-state index in [1.165, 1.54) is 12.1 Å². The lowest BCUT2D eigenvalue weighted by Gasteiger charge is -2.30. The summed E-state index contributed by atoms with van der Waals surface area (Å²) in [6.45, 7) is 9.07. The molecule has 0 saturated carbocycles. The third-order valence-electron chi connectivity index (χ3n) is 4.28. The normalized spacial score (nSPS) is 21.3. The van der Waals surface area contributed by atoms with Crippen LogP contribution in [0.3, 0.4) is 0 Å². The van der Waals surface area contributed by atoms with Crippen molar-refractivity contribution < 1.29 is 9.18 Å². The Morgan fingerprint density at radius 3 is 2.73 bits per heavy atom. The van der Waals surface area contributed by atoms with Crippen molar-refractivity contribution in [1.82, 2.24) is 15.5 Å². The van der Waals surface area contributed by atoms with Gasteiger partial charge in [0.05, 0.1) is 6.54 Å². The molecular formula is C17H26FN3O. The number of carbonyl (C=O) groups is 1. The lowest BCUT2D eigenvalue weighted by molar-refractivity contribution is -0.122. The van der Waals surface area contributed by atoms with Gasteiger partial charge in [-0.2, -0.15) is 0 Å². The number of hydrogen-bond acceptors (Lipinski definition) is 3. The van der Waals surface area contributed by atoms with Crippen LogP contribution in [0, 0.1) is 11.2 Å². The number of nitrogens with one attached hydrogen (secondary N) is 2. The maximum atomic E-state index is 12.8. The Balaban J connectivity index is 1.77. The molecule has 1 atom stereocenters. The quantitative estimate of drug-likeness (QED) is 0.807. The molecule has 1 unspecified atom stereocenters. The molecule has 1 aliphatic heterocycles. The molecule has 0 spiro atoms. The number of halogens is 1. The van der Waals surface area contributed by atoms with E-state index >= 15 is 0 Å². The van der Waals surface area contributed by atoms with E-state index in [9.17, 15) is 9.18 Å². The first-order valence-corrected chi connectivity index (χ1v) is 7.95. The molecule has 0 radical (unpaired) electrons. The van der Waals surface area contributed by atoms with Crippen LogP contribution >= 0.6 is 0 Å². The Hall–Kier alpha value is -1.46. The van der Waals surface area contributed by atoms with Crippen LogP contribution in [0.2, 0.25) is 0 Å². The monoisotopic (exact) mass is 307 g/mol. The van der Waals surface area contributed by atoms with Crippen molar-refractivity contribution in [3.8, 4) is 0 Å². The molecule has 1 aromatic carbocycles. The number of likely N-dealkylation sites (N-methyl/N-ethyl adjacent to an activating group) is 1. The van der Waals surface area contributed by atoms with Crippen LogP contribution in [0.5, 0.6) is 0 Å². The predicted octanol–water partition coefficient (Wildman–Crippen LogP) is 1.76. The van der Waals surface area contributed by atoms with Crippen LogP contribution in [-0.4, -0.2) is 43.5 Å². The number of carbonyl (C=O) groups excluding carboxylic acids is 1. The maximum absolute atomic E-state index is 12.8. The van der Waals surface area contributed by atoms with Crippen molar-refractivity contribution in [3.05, 3.63) is 35.6 Å². The summed E-state index contributed by atoms with van der Waals surface area (Å²) in [5.74, 6) is -0.244. The summed E-state index contributed by atoms with van der Waals surface area (Å²) in [4.78, 5) is 14.3. The molecule has 1 heterocycles. The zero-order valence-electron chi connectivity index (χ0n) is 13.5. The molecule has 1 saturated heterocycles. The van der Waals surface area contributed by atoms with Crippen molar-refractivity contribution in [2.45, 2.75) is 26.8 Å². The molecule has 1 aliphatic rings. The van der Waals surface area contributed by atoms with E-state index in [2.05, 4.69) is 29.4 Å². The molecule has 0 bridgehead atoms. The number of hydrogen-bond donors (Lipinski definition) is 2. The Labute approximate surface area is 132 Å². The average Bonchev–Trinajstić information content (AvgIpc) is 2.92. The van der Waals surface area contributed by atoms with Gasteiger partial charge in [0.15, 0.2) is 0 Å². The maximum Gasteiger partial charge on any atom is 0.234 e. The molecule has 0 aromatic heterocycles. The zero-order chi connectivity index (χ0) is 16.0. The standard InChI is InChI=1S/C17H26FN3O/c1-3-21(13-17(2)8-9-19-12-17)11-16(22)20-10-14-4-6-15(18)7-5-14/h4-7,19H,3,8-13H2,1-2H3,(H,20,22). The summed E-state index contributed by atoms with van der Waals surface area (Å²) in [5, 5.41) is 6.29. The fourth-order valence-electron chi connectivity index (χ4n) is 2.88. The number of rotatable bonds is 7. The van der Waals surface area contributed by atoms with Gasteiger partial charge in [-0.05, 0) is 42.6 Å². The Bertz CT molecular complexity index is 483. The topological polar surface area (TPSA) is 44.4 Å². The van der Waals surface area contributed by atoms with Gasteiger partial charge in [0.1, 0.15) is 5.82 Å². The van der Waals surface area contributed by atoms with Crippen molar-refractivity contribution in [2.75, 3.05) is 32.7 Å². The summed E-state index contributed by atoms with van der Waals surface area (Å²) < 4.78 is 12.8. The van der Waals surface area contributed by atoms with E-state index < -0.39 is 0 Å². The largest absolute Gasteiger partial charge is 0.351 e. The van der Waals surface area contributed by atoms with Crippen LogP contribution in [-0.2, 0) is 11.3 Å². The Morgan fingerprint density at radius 2 is 2.14 bits per heavy atom. The van der Waals surface area contributed by atoms with E-state index in [1.807, 2.05) is 0 Å². The van der Waals surface area contributed by atoms with Crippen LogP contribution in [0.4, 0.5) is 4.39 Å². The molecule has 0 aliphatic carbocycles. The van der Waals surface area contributed by atoms with E-state index in [-0.39, 0.29) is 17.1 Å². The highest BCUT2D eigenvalue weighted by Gasteiger charge is 2.30. The third kappa shape index (κ3) is 5.07. The van der Waals surface area contributed by atoms with Gasteiger partial charge >= 0.3 is 0 Å². The third-order valence-corrected chi connectivity index (χ3v) is 4.28. The minimum atomic E-state index is -0.259.